The van der Waals surface area contributed by atoms with Crippen molar-refractivity contribution < 1.29 is 19.1 Å². The maximum absolute atomic E-state index is 13.5. The molecule has 9 heteroatoms. The average Bonchev–Trinajstić information content (AvgIpc) is 3.62. The molecule has 3 aromatic rings. The number of nitrogens with zero attached hydrogens (tertiary/aromatic N) is 2. The average molecular weight is 508 g/mol. The Hall–Kier alpha value is -3.01. The van der Waals surface area contributed by atoms with Crippen molar-refractivity contribution in [3.05, 3.63) is 70.0 Å². The van der Waals surface area contributed by atoms with E-state index in [1.807, 2.05) is 18.2 Å². The molecule has 0 spiro atoms. The summed E-state index contributed by atoms with van der Waals surface area (Å²) in [6.45, 7) is 2.24. The molecule has 0 aliphatic carbocycles. The number of ketones is 1. The molecule has 2 fully saturated rings. The normalized spacial score (nSPS) is 19.6. The smallest absolute Gasteiger partial charge is 0.262 e. The van der Waals surface area contributed by atoms with Crippen LogP contribution in [-0.2, 0) is 16.0 Å². The third kappa shape index (κ3) is 5.69. The number of hydrogen-bond acceptors (Lipinski definition) is 7. The number of aromatic nitrogens is 2. The molecule has 2 aliphatic heterocycles. The molecule has 36 heavy (non-hydrogen) atoms. The summed E-state index contributed by atoms with van der Waals surface area (Å²) < 4.78 is 13.0. The van der Waals surface area contributed by atoms with Crippen LogP contribution >= 0.6 is 11.8 Å². The van der Waals surface area contributed by atoms with E-state index in [0.717, 1.165) is 32.3 Å². The van der Waals surface area contributed by atoms with Crippen molar-refractivity contribution in [3.63, 3.8) is 0 Å². The Morgan fingerprint density at radius 1 is 1.00 bits per heavy atom. The number of amides is 1. The zero-order chi connectivity index (χ0) is 24.9. The molecule has 1 N–H and O–H groups in total. The lowest BCUT2D eigenvalue weighted by molar-refractivity contribution is 0.0857. The van der Waals surface area contributed by atoms with Crippen LogP contribution in [0.15, 0.2) is 58.5 Å². The summed E-state index contributed by atoms with van der Waals surface area (Å²) in [7, 11) is 0. The number of ether oxygens (including phenoxy) is 2. The highest BCUT2D eigenvalue weighted by Gasteiger charge is 2.22. The maximum Gasteiger partial charge on any atom is 0.262 e. The van der Waals surface area contributed by atoms with Crippen LogP contribution in [0.3, 0.4) is 0 Å². The minimum absolute atomic E-state index is 0.0409. The minimum atomic E-state index is -0.230. The van der Waals surface area contributed by atoms with Crippen molar-refractivity contribution >= 4 is 34.4 Å². The fourth-order valence-corrected chi connectivity index (χ4v) is 5.46. The van der Waals surface area contributed by atoms with Crippen LogP contribution in [0, 0.1) is 0 Å². The van der Waals surface area contributed by atoms with Crippen LogP contribution in [0.25, 0.3) is 10.9 Å². The molecule has 188 valence electrons. The van der Waals surface area contributed by atoms with Gasteiger partial charge in [-0.15, -0.1) is 0 Å². The van der Waals surface area contributed by atoms with Crippen LogP contribution in [0.4, 0.5) is 0 Å². The predicted octanol–water partition coefficient (Wildman–Crippen LogP) is 3.46. The standard InChI is InChI=1S/C27H29N3O5S/c31-24(18-6-2-1-3-7-18)17-36-27-29-23-14-19(25(32)28-15-20-8-4-12-34-20)10-11-22(23)26(33)30(27)16-21-9-5-13-35-21/h1-3,6-7,10-11,14,20-21H,4-5,8-9,12-13,15-17H2,(H,28,32)/t20-,21-/m0/s1. The van der Waals surface area contributed by atoms with Gasteiger partial charge in [0.15, 0.2) is 10.9 Å². The van der Waals surface area contributed by atoms with Crippen molar-refractivity contribution in [2.45, 2.75) is 49.6 Å². The zero-order valence-electron chi connectivity index (χ0n) is 20.0. The van der Waals surface area contributed by atoms with Gasteiger partial charge in [0, 0.05) is 30.9 Å². The summed E-state index contributed by atoms with van der Waals surface area (Å²) >= 11 is 1.23. The van der Waals surface area contributed by atoms with Crippen LogP contribution in [0.5, 0.6) is 0 Å². The molecule has 2 aliphatic rings. The van der Waals surface area contributed by atoms with Crippen molar-refractivity contribution in [1.29, 1.82) is 0 Å². The number of benzene rings is 2. The summed E-state index contributed by atoms with van der Waals surface area (Å²) in [6, 6.07) is 14.0. The van der Waals surface area contributed by atoms with Gasteiger partial charge in [0.1, 0.15) is 0 Å². The van der Waals surface area contributed by atoms with E-state index < -0.39 is 0 Å². The van der Waals surface area contributed by atoms with Crippen LogP contribution in [0.1, 0.15) is 46.4 Å². The van der Waals surface area contributed by atoms with Gasteiger partial charge >= 0.3 is 0 Å². The van der Waals surface area contributed by atoms with Gasteiger partial charge in [0.2, 0.25) is 0 Å². The van der Waals surface area contributed by atoms with E-state index in [-0.39, 0.29) is 35.2 Å². The van der Waals surface area contributed by atoms with E-state index >= 15 is 0 Å². The Labute approximate surface area is 213 Å². The first-order chi connectivity index (χ1) is 17.6. The van der Waals surface area contributed by atoms with Crippen LogP contribution in [0.2, 0.25) is 0 Å². The number of carbonyl (C=O) groups is 2. The highest BCUT2D eigenvalue weighted by molar-refractivity contribution is 7.99. The number of rotatable bonds is 9. The molecule has 0 unspecified atom stereocenters. The van der Waals surface area contributed by atoms with Gasteiger partial charge < -0.3 is 14.8 Å². The van der Waals surface area contributed by atoms with E-state index in [1.54, 1.807) is 34.9 Å². The molecule has 5 rings (SSSR count). The fourth-order valence-electron chi connectivity index (χ4n) is 4.56. The third-order valence-corrected chi connectivity index (χ3v) is 7.51. The summed E-state index contributed by atoms with van der Waals surface area (Å²) in [5.41, 5.74) is 1.28. The predicted molar refractivity (Wildman–Crippen MR) is 138 cm³/mol. The van der Waals surface area contributed by atoms with Gasteiger partial charge in [0.25, 0.3) is 11.5 Å². The second kappa shape index (κ2) is 11.4. The van der Waals surface area contributed by atoms with Crippen LogP contribution < -0.4 is 10.9 Å². The first kappa shape index (κ1) is 24.7. The molecule has 1 amide bonds. The third-order valence-electron chi connectivity index (χ3n) is 6.54. The Kier molecular flexibility index (Phi) is 7.79. The van der Waals surface area contributed by atoms with E-state index in [0.29, 0.717) is 46.9 Å². The van der Waals surface area contributed by atoms with E-state index in [2.05, 4.69) is 5.32 Å². The highest BCUT2D eigenvalue weighted by Crippen LogP contribution is 2.23. The van der Waals surface area contributed by atoms with Gasteiger partial charge in [-0.05, 0) is 43.9 Å². The second-order valence-corrected chi connectivity index (χ2v) is 10.0. The number of nitrogens with one attached hydrogen (secondary N) is 1. The van der Waals surface area contributed by atoms with E-state index in [9.17, 15) is 14.4 Å². The first-order valence-corrected chi connectivity index (χ1v) is 13.3. The van der Waals surface area contributed by atoms with Crippen molar-refractivity contribution in [2.24, 2.45) is 0 Å². The molecule has 2 atom stereocenters. The van der Waals surface area contributed by atoms with Crippen molar-refractivity contribution in [3.8, 4) is 0 Å². The highest BCUT2D eigenvalue weighted by atomic mass is 32.2. The molecular weight excluding hydrogens is 478 g/mol. The Morgan fingerprint density at radius 2 is 1.75 bits per heavy atom. The lowest BCUT2D eigenvalue weighted by Crippen LogP contribution is -2.32. The molecule has 3 heterocycles. The maximum atomic E-state index is 13.5. The second-order valence-electron chi connectivity index (χ2n) is 9.10. The molecule has 0 saturated carbocycles. The number of fused-ring (bicyclic) bond motifs is 1. The quantitative estimate of drug-likeness (QED) is 0.269. The van der Waals surface area contributed by atoms with Crippen molar-refractivity contribution in [1.82, 2.24) is 14.9 Å². The van der Waals surface area contributed by atoms with Gasteiger partial charge in [0.05, 0.1) is 35.4 Å². The Morgan fingerprint density at radius 3 is 2.47 bits per heavy atom. The monoisotopic (exact) mass is 507 g/mol. The largest absolute Gasteiger partial charge is 0.376 e. The molecule has 1 aromatic heterocycles. The molecular formula is C27H29N3O5S. The number of thioether (sulfide) groups is 1. The minimum Gasteiger partial charge on any atom is -0.376 e. The lowest BCUT2D eigenvalue weighted by Gasteiger charge is -2.17. The SMILES string of the molecule is O=C(CSc1nc2cc(C(=O)NC[C@@H]3CCCO3)ccc2c(=O)n1C[C@@H]1CCCO1)c1ccccc1. The van der Waals surface area contributed by atoms with Crippen LogP contribution in [-0.4, -0.2) is 59.0 Å². The van der Waals surface area contributed by atoms with E-state index in [1.165, 1.54) is 11.8 Å². The summed E-state index contributed by atoms with van der Waals surface area (Å²) in [6.07, 6.45) is 3.76. The molecule has 8 nitrogen and oxygen atoms in total. The van der Waals surface area contributed by atoms with Gasteiger partial charge in [-0.2, -0.15) is 0 Å². The van der Waals surface area contributed by atoms with E-state index in [4.69, 9.17) is 14.5 Å². The topological polar surface area (TPSA) is 99.5 Å². The summed E-state index contributed by atoms with van der Waals surface area (Å²) in [4.78, 5) is 43.7. The number of carbonyl (C=O) groups excluding carboxylic acids is 2. The van der Waals surface area contributed by atoms with Crippen molar-refractivity contribution in [2.75, 3.05) is 25.5 Å². The summed E-state index contributed by atoms with van der Waals surface area (Å²) in [5.74, 6) is -0.123. The molecule has 0 radical (unpaired) electrons. The number of Topliss-reactive ketones (excluding diaryl/α,β-unsaturated/α-hetero) is 1. The van der Waals surface area contributed by atoms with Gasteiger partial charge in [-0.3, -0.25) is 19.0 Å². The molecule has 0 bridgehead atoms. The summed E-state index contributed by atoms with van der Waals surface area (Å²) in [5, 5.41) is 3.79. The van der Waals surface area contributed by atoms with Gasteiger partial charge in [-0.25, -0.2) is 4.98 Å². The lowest BCUT2D eigenvalue weighted by atomic mass is 10.1. The molecule has 2 saturated heterocycles. The van der Waals surface area contributed by atoms with Gasteiger partial charge in [-0.1, -0.05) is 42.1 Å². The first-order valence-electron chi connectivity index (χ1n) is 12.4. The zero-order valence-corrected chi connectivity index (χ0v) is 20.8. The number of hydrogen-bond donors (Lipinski definition) is 1. The molecule has 2 aromatic carbocycles. The Balaban J connectivity index is 1.41. The Bertz CT molecular complexity index is 1300. The fraction of sp³-hybridized carbons (Fsp3) is 0.407.